The summed E-state index contributed by atoms with van der Waals surface area (Å²) in [6, 6.07) is 10.1. The maximum absolute atomic E-state index is 13.9. The van der Waals surface area contributed by atoms with E-state index in [0.717, 1.165) is 66.5 Å². The summed E-state index contributed by atoms with van der Waals surface area (Å²) in [5.41, 5.74) is 3.77. The van der Waals surface area contributed by atoms with Gasteiger partial charge in [-0.1, -0.05) is 49.9 Å². The first-order valence-electron chi connectivity index (χ1n) is 14.5. The lowest BCUT2D eigenvalue weighted by molar-refractivity contribution is -0.141. The molecule has 1 aliphatic heterocycles. The fourth-order valence-corrected chi connectivity index (χ4v) is 7.41. The summed E-state index contributed by atoms with van der Waals surface area (Å²) in [6.45, 7) is 3.85. The van der Waals surface area contributed by atoms with E-state index in [0.29, 0.717) is 23.3 Å². The predicted octanol–water partition coefficient (Wildman–Crippen LogP) is 6.29. The second kappa shape index (κ2) is 10.7. The minimum Gasteiger partial charge on any atom is -0.481 e. The number of hydrogen-bond acceptors (Lipinski definition) is 6. The molecule has 8 nitrogen and oxygen atoms in total. The molecule has 3 heterocycles. The average Bonchev–Trinajstić information content (AvgIpc) is 3.36. The van der Waals surface area contributed by atoms with Crippen LogP contribution in [0.15, 0.2) is 41.9 Å². The lowest BCUT2D eigenvalue weighted by Gasteiger charge is -2.26. The summed E-state index contributed by atoms with van der Waals surface area (Å²) in [6.07, 6.45) is 8.57. The minimum absolute atomic E-state index is 0.0218. The van der Waals surface area contributed by atoms with Crippen LogP contribution in [-0.2, 0) is 19.8 Å². The third-order valence-electron chi connectivity index (χ3n) is 8.92. The van der Waals surface area contributed by atoms with E-state index in [4.69, 9.17) is 4.98 Å². The van der Waals surface area contributed by atoms with Gasteiger partial charge in [0.2, 0.25) is 11.8 Å². The number of benzene rings is 1. The van der Waals surface area contributed by atoms with Crippen LogP contribution in [0.3, 0.4) is 0 Å². The number of likely N-dealkylation sites (N-methyl/N-ethyl adjacent to an activating group) is 1. The van der Waals surface area contributed by atoms with Crippen molar-refractivity contribution >= 4 is 40.1 Å². The van der Waals surface area contributed by atoms with Gasteiger partial charge in [0.25, 0.3) is 0 Å². The van der Waals surface area contributed by atoms with E-state index < -0.39 is 17.3 Å². The molecule has 1 unspecified atom stereocenters. The molecule has 2 aromatic heterocycles. The van der Waals surface area contributed by atoms with E-state index in [2.05, 4.69) is 11.1 Å². The van der Waals surface area contributed by atoms with Crippen molar-refractivity contribution in [3.05, 3.63) is 47.5 Å². The van der Waals surface area contributed by atoms with Crippen LogP contribution in [0.5, 0.6) is 0 Å². The van der Waals surface area contributed by atoms with E-state index in [1.54, 1.807) is 23.0 Å². The Morgan fingerprint density at radius 2 is 1.85 bits per heavy atom. The van der Waals surface area contributed by atoms with Crippen molar-refractivity contribution in [2.24, 2.45) is 11.8 Å². The van der Waals surface area contributed by atoms with Crippen LogP contribution < -0.4 is 9.80 Å². The molecule has 2 aliphatic carbocycles. The monoisotopic (exact) mass is 572 g/mol. The first-order chi connectivity index (χ1) is 19.6. The van der Waals surface area contributed by atoms with Crippen LogP contribution in [-0.4, -0.2) is 45.9 Å². The number of carboxylic acids is 1. The Morgan fingerprint density at radius 1 is 1.15 bits per heavy atom. The number of carbonyl (C=O) groups is 3. The quantitative estimate of drug-likeness (QED) is 0.323. The number of aromatic nitrogens is 2. The van der Waals surface area contributed by atoms with Crippen LogP contribution in [0.1, 0.15) is 70.8 Å². The van der Waals surface area contributed by atoms with Gasteiger partial charge in [-0.3, -0.25) is 24.2 Å². The van der Waals surface area contributed by atoms with Gasteiger partial charge in [-0.05, 0) is 50.7 Å². The molecule has 0 bridgehead atoms. The summed E-state index contributed by atoms with van der Waals surface area (Å²) in [5.74, 6) is -0.431. The summed E-state index contributed by atoms with van der Waals surface area (Å²) in [7, 11) is 1.76. The van der Waals surface area contributed by atoms with Crippen molar-refractivity contribution in [2.45, 2.75) is 76.7 Å². The second-order valence-corrected chi connectivity index (χ2v) is 13.1. The molecular weight excluding hydrogens is 536 g/mol. The number of carbonyl (C=O) groups excluding carboxylic acids is 2. The van der Waals surface area contributed by atoms with Gasteiger partial charge >= 0.3 is 5.97 Å². The first kappa shape index (κ1) is 27.6. The summed E-state index contributed by atoms with van der Waals surface area (Å²) < 4.78 is 0. The van der Waals surface area contributed by atoms with Crippen molar-refractivity contribution in [2.75, 3.05) is 16.8 Å². The number of aliphatic carboxylic acids is 1. The van der Waals surface area contributed by atoms with Gasteiger partial charge in [0.05, 0.1) is 17.5 Å². The molecule has 2 amide bonds. The molecule has 9 heteroatoms. The van der Waals surface area contributed by atoms with Crippen LogP contribution in [0.2, 0.25) is 0 Å². The molecule has 0 saturated heterocycles. The van der Waals surface area contributed by atoms with E-state index in [9.17, 15) is 19.5 Å². The highest BCUT2D eigenvalue weighted by Gasteiger charge is 2.44. The highest BCUT2D eigenvalue weighted by Crippen LogP contribution is 2.44. The molecule has 0 spiro atoms. The predicted molar refractivity (Wildman–Crippen MR) is 160 cm³/mol. The summed E-state index contributed by atoms with van der Waals surface area (Å²) in [4.78, 5) is 51.5. The fourth-order valence-electron chi connectivity index (χ4n) is 6.51. The molecule has 3 aliphatic rings. The molecule has 2 saturated carbocycles. The van der Waals surface area contributed by atoms with Crippen LogP contribution >= 0.6 is 11.3 Å². The normalized spacial score (nSPS) is 18.9. The van der Waals surface area contributed by atoms with Gasteiger partial charge in [-0.25, -0.2) is 9.97 Å². The van der Waals surface area contributed by atoms with Crippen LogP contribution in [0.25, 0.3) is 22.4 Å². The number of rotatable bonds is 9. The van der Waals surface area contributed by atoms with Crippen molar-refractivity contribution in [3.63, 3.8) is 0 Å². The third kappa shape index (κ3) is 5.16. The SMILES string of the molecule is CN1C(=O)C(C)(C)c2cc(-c3ccccc3-c3csc(N(C(=O)C(CC(=O)O)CC4CCCC4)C4CC4)n3)cnc21. The summed E-state index contributed by atoms with van der Waals surface area (Å²) >= 11 is 1.43. The molecule has 41 heavy (non-hydrogen) atoms. The number of hydrogen-bond donors (Lipinski definition) is 1. The standard InChI is InChI=1S/C32H36N4O4S/c1-32(2)25-15-21(17-33-28(25)35(3)30(32)40)23-10-6-7-11-24(23)26-18-41-31(34-26)36(22-12-13-22)29(39)20(16-27(37)38)14-19-8-4-5-9-19/h6-7,10-11,15,17-20,22H,4-5,8-9,12-14,16H2,1-3H3,(H,37,38). The molecule has 3 aromatic rings. The Hall–Kier alpha value is -3.59. The van der Waals surface area contributed by atoms with E-state index >= 15 is 0 Å². The second-order valence-electron chi connectivity index (χ2n) is 12.3. The smallest absolute Gasteiger partial charge is 0.304 e. The van der Waals surface area contributed by atoms with Crippen molar-refractivity contribution in [3.8, 4) is 22.4 Å². The average molecular weight is 573 g/mol. The fraction of sp³-hybridized carbons (Fsp3) is 0.469. The zero-order valence-electron chi connectivity index (χ0n) is 23.8. The van der Waals surface area contributed by atoms with Gasteiger partial charge in [-0.2, -0.15) is 0 Å². The summed E-state index contributed by atoms with van der Waals surface area (Å²) in [5, 5.41) is 12.2. The zero-order valence-corrected chi connectivity index (χ0v) is 24.6. The Bertz CT molecular complexity index is 1500. The Kier molecular flexibility index (Phi) is 7.18. The number of nitrogens with zero attached hydrogens (tertiary/aromatic N) is 4. The van der Waals surface area contributed by atoms with Gasteiger partial charge in [-0.15, -0.1) is 11.3 Å². The zero-order chi connectivity index (χ0) is 28.9. The molecule has 0 radical (unpaired) electrons. The van der Waals surface area contributed by atoms with Crippen LogP contribution in [0, 0.1) is 11.8 Å². The first-order valence-corrected chi connectivity index (χ1v) is 15.4. The lowest BCUT2D eigenvalue weighted by atomic mass is 9.85. The van der Waals surface area contributed by atoms with Crippen molar-refractivity contribution in [1.29, 1.82) is 0 Å². The van der Waals surface area contributed by atoms with E-state index in [-0.39, 0.29) is 24.3 Å². The largest absolute Gasteiger partial charge is 0.481 e. The molecule has 6 rings (SSSR count). The van der Waals surface area contributed by atoms with Gasteiger partial charge < -0.3 is 5.11 Å². The van der Waals surface area contributed by atoms with Gasteiger partial charge in [0, 0.05) is 47.3 Å². The van der Waals surface area contributed by atoms with E-state index in [1.807, 2.05) is 43.5 Å². The highest BCUT2D eigenvalue weighted by atomic mass is 32.1. The molecule has 1 N–H and O–H groups in total. The van der Waals surface area contributed by atoms with E-state index in [1.165, 1.54) is 11.3 Å². The van der Waals surface area contributed by atoms with Crippen molar-refractivity contribution < 1.29 is 19.5 Å². The third-order valence-corrected chi connectivity index (χ3v) is 9.76. The van der Waals surface area contributed by atoms with Crippen molar-refractivity contribution in [1.82, 2.24) is 9.97 Å². The molecular formula is C32H36N4O4S. The number of pyridine rings is 1. The Labute approximate surface area is 244 Å². The number of amides is 2. The lowest BCUT2D eigenvalue weighted by Crippen LogP contribution is -2.39. The molecule has 1 aromatic carbocycles. The molecule has 2 fully saturated rings. The van der Waals surface area contributed by atoms with Gasteiger partial charge in [0.15, 0.2) is 5.13 Å². The topological polar surface area (TPSA) is 104 Å². The number of fused-ring (bicyclic) bond motifs is 1. The maximum atomic E-state index is 13.9. The Morgan fingerprint density at radius 3 is 2.54 bits per heavy atom. The van der Waals surface area contributed by atoms with Crippen LogP contribution in [0.4, 0.5) is 10.9 Å². The highest BCUT2D eigenvalue weighted by molar-refractivity contribution is 7.14. The Balaban J connectivity index is 1.32. The molecule has 1 atom stereocenters. The molecule has 214 valence electrons. The minimum atomic E-state index is -0.926. The number of thiazole rings is 1. The number of anilines is 2. The number of carboxylic acid groups (broad SMARTS) is 1. The maximum Gasteiger partial charge on any atom is 0.304 e. The van der Waals surface area contributed by atoms with Gasteiger partial charge in [0.1, 0.15) is 5.82 Å².